The molecule has 1 saturated carbocycles. The van der Waals surface area contributed by atoms with Crippen molar-refractivity contribution in [2.45, 2.75) is 17.6 Å². The van der Waals surface area contributed by atoms with E-state index in [9.17, 15) is 4.79 Å². The minimum atomic E-state index is -0.159. The lowest BCUT2D eigenvalue weighted by molar-refractivity contribution is 0.927. The molecule has 1 aromatic carbocycles. The topological polar surface area (TPSA) is 83.8 Å². The van der Waals surface area contributed by atoms with Crippen LogP contribution < -0.4 is 16.6 Å². The average Bonchev–Trinajstić information content (AvgIpc) is 3.18. The summed E-state index contributed by atoms with van der Waals surface area (Å²) in [5.41, 5.74) is 6.75. The quantitative estimate of drug-likeness (QED) is 0.742. The molecule has 0 spiro atoms. The van der Waals surface area contributed by atoms with Crippen molar-refractivity contribution in [3.05, 3.63) is 28.6 Å². The molecular weight excluding hydrogens is 260 g/mol. The largest absolute Gasteiger partial charge is 0.399 e. The van der Waals surface area contributed by atoms with Gasteiger partial charge in [-0.3, -0.25) is 9.78 Å². The van der Waals surface area contributed by atoms with E-state index in [0.717, 1.165) is 6.54 Å². The predicted octanol–water partition coefficient (Wildman–Crippen LogP) is 1.81. The Morgan fingerprint density at radius 3 is 3.00 bits per heavy atom. The first-order valence-electron chi connectivity index (χ1n) is 6.20. The maximum absolute atomic E-state index is 12.0. The fraction of sp³-hybridized carbons (Fsp3) is 0.385. The molecule has 0 aliphatic heterocycles. The Morgan fingerprint density at radius 2 is 2.32 bits per heavy atom. The van der Waals surface area contributed by atoms with Crippen LogP contribution in [0, 0.1) is 0 Å². The van der Waals surface area contributed by atoms with Crippen LogP contribution in [-0.4, -0.2) is 27.5 Å². The van der Waals surface area contributed by atoms with Crippen molar-refractivity contribution in [2.24, 2.45) is 0 Å². The number of aromatic amines is 1. The van der Waals surface area contributed by atoms with Gasteiger partial charge in [-0.15, -0.1) is 0 Å². The van der Waals surface area contributed by atoms with E-state index in [-0.39, 0.29) is 5.56 Å². The first-order chi connectivity index (χ1) is 9.12. The highest BCUT2D eigenvalue weighted by molar-refractivity contribution is 8.00. The summed E-state index contributed by atoms with van der Waals surface area (Å²) in [6, 6.07) is 5.17. The second-order valence-electron chi connectivity index (χ2n) is 4.93. The molecule has 100 valence electrons. The summed E-state index contributed by atoms with van der Waals surface area (Å²) in [5, 5.41) is 3.75. The van der Waals surface area contributed by atoms with E-state index in [2.05, 4.69) is 21.5 Å². The molecule has 1 heterocycles. The Balaban J connectivity index is 1.89. The van der Waals surface area contributed by atoms with Crippen molar-refractivity contribution in [2.75, 3.05) is 23.9 Å². The molecule has 19 heavy (non-hydrogen) atoms. The molecule has 1 aliphatic carbocycles. The predicted molar refractivity (Wildman–Crippen MR) is 80.7 cm³/mol. The smallest absolute Gasteiger partial charge is 0.260 e. The number of nitrogens with two attached hydrogens (primary N) is 1. The molecule has 1 aromatic heterocycles. The van der Waals surface area contributed by atoms with Crippen LogP contribution in [0.3, 0.4) is 0 Å². The van der Waals surface area contributed by atoms with Crippen molar-refractivity contribution in [1.82, 2.24) is 9.97 Å². The summed E-state index contributed by atoms with van der Waals surface area (Å²) >= 11 is 1.87. The van der Waals surface area contributed by atoms with Gasteiger partial charge in [-0.05, 0) is 37.3 Å². The normalized spacial score (nSPS) is 16.5. The summed E-state index contributed by atoms with van der Waals surface area (Å²) in [5.74, 6) is 0.530. The van der Waals surface area contributed by atoms with Crippen molar-refractivity contribution in [1.29, 1.82) is 0 Å². The zero-order valence-corrected chi connectivity index (χ0v) is 11.5. The lowest BCUT2D eigenvalue weighted by Crippen LogP contribution is -2.21. The number of H-pyrrole nitrogens is 1. The fourth-order valence-corrected chi connectivity index (χ4v) is 2.80. The van der Waals surface area contributed by atoms with Crippen molar-refractivity contribution in [3.63, 3.8) is 0 Å². The third-order valence-electron chi connectivity index (χ3n) is 3.55. The summed E-state index contributed by atoms with van der Waals surface area (Å²) in [7, 11) is 0. The lowest BCUT2D eigenvalue weighted by atomic mass is 10.2. The monoisotopic (exact) mass is 276 g/mol. The van der Waals surface area contributed by atoms with E-state index in [0.29, 0.717) is 27.3 Å². The first kappa shape index (κ1) is 12.3. The van der Waals surface area contributed by atoms with Gasteiger partial charge >= 0.3 is 0 Å². The van der Waals surface area contributed by atoms with Gasteiger partial charge in [0.1, 0.15) is 0 Å². The third kappa shape index (κ3) is 2.40. The van der Waals surface area contributed by atoms with Crippen LogP contribution in [0.1, 0.15) is 12.8 Å². The first-order valence-corrected chi connectivity index (χ1v) is 7.43. The number of nitrogens with zero attached hydrogens (tertiary/aromatic N) is 1. The molecule has 0 atom stereocenters. The number of hydrogen-bond acceptors (Lipinski definition) is 5. The molecule has 0 unspecified atom stereocenters. The second-order valence-corrected chi connectivity index (χ2v) is 6.21. The lowest BCUT2D eigenvalue weighted by Gasteiger charge is -2.13. The number of aromatic nitrogens is 2. The number of anilines is 2. The molecule has 0 saturated heterocycles. The Kier molecular flexibility index (Phi) is 2.89. The van der Waals surface area contributed by atoms with Crippen LogP contribution >= 0.6 is 11.8 Å². The SMILES string of the molecule is CSC1(CNc2nc3ccc(N)cc3c(=O)[nH]2)CC1. The zero-order valence-electron chi connectivity index (χ0n) is 10.7. The molecule has 2 aromatic rings. The highest BCUT2D eigenvalue weighted by Gasteiger charge is 2.41. The van der Waals surface area contributed by atoms with E-state index in [4.69, 9.17) is 5.73 Å². The Morgan fingerprint density at radius 1 is 1.53 bits per heavy atom. The van der Waals surface area contributed by atoms with Gasteiger partial charge in [0.05, 0.1) is 10.9 Å². The number of nitrogen functional groups attached to an aromatic ring is 1. The van der Waals surface area contributed by atoms with Crippen LogP contribution in [-0.2, 0) is 0 Å². The van der Waals surface area contributed by atoms with Gasteiger partial charge in [-0.25, -0.2) is 4.98 Å². The number of fused-ring (bicyclic) bond motifs is 1. The standard InChI is InChI=1S/C13H16N4OS/c1-19-13(4-5-13)7-15-12-16-10-3-2-8(14)6-9(10)11(18)17-12/h2-3,6H,4-5,7,14H2,1H3,(H2,15,16,17,18). The molecule has 0 amide bonds. The van der Waals surface area contributed by atoms with E-state index < -0.39 is 0 Å². The maximum atomic E-state index is 12.0. The van der Waals surface area contributed by atoms with Crippen LogP contribution in [0.25, 0.3) is 10.9 Å². The van der Waals surface area contributed by atoms with Gasteiger partial charge in [-0.1, -0.05) is 0 Å². The van der Waals surface area contributed by atoms with Gasteiger partial charge < -0.3 is 11.1 Å². The molecule has 0 bridgehead atoms. The molecular formula is C13H16N4OS. The highest BCUT2D eigenvalue weighted by Crippen LogP contribution is 2.46. The fourth-order valence-electron chi connectivity index (χ4n) is 2.08. The maximum Gasteiger partial charge on any atom is 0.260 e. The molecule has 5 nitrogen and oxygen atoms in total. The van der Waals surface area contributed by atoms with Crippen molar-refractivity contribution < 1.29 is 0 Å². The number of thioether (sulfide) groups is 1. The van der Waals surface area contributed by atoms with E-state index in [1.807, 2.05) is 11.8 Å². The minimum Gasteiger partial charge on any atom is -0.399 e. The van der Waals surface area contributed by atoms with Crippen molar-refractivity contribution >= 4 is 34.3 Å². The third-order valence-corrected chi connectivity index (χ3v) is 4.97. The molecule has 1 aliphatic rings. The van der Waals surface area contributed by atoms with Crippen LogP contribution in [0.15, 0.2) is 23.0 Å². The summed E-state index contributed by atoms with van der Waals surface area (Å²) in [6.45, 7) is 0.831. The summed E-state index contributed by atoms with van der Waals surface area (Å²) < 4.78 is 0.328. The summed E-state index contributed by atoms with van der Waals surface area (Å²) in [4.78, 5) is 19.1. The van der Waals surface area contributed by atoms with Crippen LogP contribution in [0.4, 0.5) is 11.6 Å². The second kappa shape index (κ2) is 4.45. The Hall–Kier alpha value is -1.69. The molecule has 6 heteroatoms. The number of benzene rings is 1. The van der Waals surface area contributed by atoms with Gasteiger partial charge in [0, 0.05) is 17.0 Å². The highest BCUT2D eigenvalue weighted by atomic mass is 32.2. The summed E-state index contributed by atoms with van der Waals surface area (Å²) in [6.07, 6.45) is 4.55. The van der Waals surface area contributed by atoms with E-state index in [1.54, 1.807) is 18.2 Å². The number of hydrogen-bond donors (Lipinski definition) is 3. The minimum absolute atomic E-state index is 0.159. The molecule has 0 radical (unpaired) electrons. The molecule has 3 rings (SSSR count). The van der Waals surface area contributed by atoms with Crippen LogP contribution in [0.2, 0.25) is 0 Å². The number of rotatable bonds is 4. The van der Waals surface area contributed by atoms with Gasteiger partial charge in [0.25, 0.3) is 5.56 Å². The molecule has 4 N–H and O–H groups in total. The van der Waals surface area contributed by atoms with Crippen molar-refractivity contribution in [3.8, 4) is 0 Å². The van der Waals surface area contributed by atoms with Crippen LogP contribution in [0.5, 0.6) is 0 Å². The van der Waals surface area contributed by atoms with E-state index >= 15 is 0 Å². The van der Waals surface area contributed by atoms with Gasteiger partial charge in [0.15, 0.2) is 0 Å². The molecule has 1 fully saturated rings. The zero-order chi connectivity index (χ0) is 13.5. The average molecular weight is 276 g/mol. The number of nitrogens with one attached hydrogen (secondary N) is 2. The van der Waals surface area contributed by atoms with E-state index in [1.165, 1.54) is 12.8 Å². The Bertz CT molecular complexity index is 678. The van der Waals surface area contributed by atoms with Gasteiger partial charge in [-0.2, -0.15) is 11.8 Å². The Labute approximate surface area is 115 Å². The van der Waals surface area contributed by atoms with Gasteiger partial charge in [0.2, 0.25) is 5.95 Å².